The lowest BCUT2D eigenvalue weighted by Gasteiger charge is -2.03. The normalized spacial score (nSPS) is 10.8. The number of hydrogen-bond acceptors (Lipinski definition) is 2. The number of benzene rings is 1. The molecule has 1 aromatic heterocycles. The lowest BCUT2D eigenvalue weighted by Crippen LogP contribution is -1.93. The Morgan fingerprint density at radius 3 is 2.79 bits per heavy atom. The van der Waals surface area contributed by atoms with Crippen LogP contribution >= 0.6 is 11.6 Å². The van der Waals surface area contributed by atoms with E-state index in [0.717, 1.165) is 5.56 Å². The Morgan fingerprint density at radius 1 is 1.36 bits per heavy atom. The van der Waals surface area contributed by atoms with Crippen molar-refractivity contribution >= 4 is 28.3 Å². The van der Waals surface area contributed by atoms with Crippen LogP contribution in [-0.2, 0) is 0 Å². The third kappa shape index (κ3) is 1.40. The van der Waals surface area contributed by atoms with Crippen molar-refractivity contribution in [3.63, 3.8) is 0 Å². The number of nitrogens with two attached hydrogens (primary N) is 1. The number of nitrogens with zero attached hydrogens (tertiary/aromatic N) is 1. The van der Waals surface area contributed by atoms with Gasteiger partial charge >= 0.3 is 0 Å². The minimum absolute atomic E-state index is 0.226. The smallest absolute Gasteiger partial charge is 0.142 e. The number of nitrogen functional groups attached to an aromatic ring is 1. The Kier molecular flexibility index (Phi) is 2.04. The maximum absolute atomic E-state index is 13.4. The van der Waals surface area contributed by atoms with E-state index < -0.39 is 0 Å². The van der Waals surface area contributed by atoms with Gasteiger partial charge in [-0.2, -0.15) is 0 Å². The molecule has 0 fully saturated rings. The van der Waals surface area contributed by atoms with Crippen LogP contribution < -0.4 is 5.73 Å². The van der Waals surface area contributed by atoms with Crippen molar-refractivity contribution in [2.45, 2.75) is 6.92 Å². The maximum atomic E-state index is 13.4. The van der Waals surface area contributed by atoms with Gasteiger partial charge < -0.3 is 5.73 Å². The summed E-state index contributed by atoms with van der Waals surface area (Å²) in [6.45, 7) is 1.80. The Bertz CT molecular complexity index is 511. The third-order valence-corrected chi connectivity index (χ3v) is 2.31. The summed E-state index contributed by atoms with van der Waals surface area (Å²) >= 11 is 5.75. The van der Waals surface area contributed by atoms with Crippen LogP contribution in [0.5, 0.6) is 0 Å². The van der Waals surface area contributed by atoms with Gasteiger partial charge in [0.05, 0.1) is 10.5 Å². The summed E-state index contributed by atoms with van der Waals surface area (Å²) in [4.78, 5) is 4.00. The van der Waals surface area contributed by atoms with Gasteiger partial charge in [0, 0.05) is 5.39 Å². The highest BCUT2D eigenvalue weighted by Gasteiger charge is 2.06. The van der Waals surface area contributed by atoms with E-state index in [1.54, 1.807) is 13.0 Å². The predicted octanol–water partition coefficient (Wildman–Crippen LogP) is 2.92. The largest absolute Gasteiger partial charge is 0.382 e. The molecule has 0 aliphatic carbocycles. The van der Waals surface area contributed by atoms with Gasteiger partial charge in [0.2, 0.25) is 0 Å². The highest BCUT2D eigenvalue weighted by Crippen LogP contribution is 2.25. The van der Waals surface area contributed by atoms with E-state index in [-0.39, 0.29) is 16.7 Å². The number of anilines is 1. The van der Waals surface area contributed by atoms with Crippen LogP contribution in [0.25, 0.3) is 10.9 Å². The molecule has 1 heterocycles. The van der Waals surface area contributed by atoms with Crippen LogP contribution in [0.1, 0.15) is 5.56 Å². The molecule has 0 aliphatic rings. The van der Waals surface area contributed by atoms with Gasteiger partial charge in [-0.1, -0.05) is 11.6 Å². The molecule has 2 rings (SSSR count). The molecule has 4 heteroatoms. The van der Waals surface area contributed by atoms with Crippen LogP contribution in [0.15, 0.2) is 18.2 Å². The summed E-state index contributed by atoms with van der Waals surface area (Å²) in [5, 5.41) is 0.676. The highest BCUT2D eigenvalue weighted by molar-refractivity contribution is 6.33. The highest BCUT2D eigenvalue weighted by atomic mass is 35.5. The number of aromatic nitrogens is 1. The Morgan fingerprint density at radius 2 is 2.07 bits per heavy atom. The van der Waals surface area contributed by atoms with E-state index in [0.29, 0.717) is 10.9 Å². The topological polar surface area (TPSA) is 38.9 Å². The van der Waals surface area contributed by atoms with Crippen molar-refractivity contribution in [3.8, 4) is 0 Å². The van der Waals surface area contributed by atoms with Gasteiger partial charge in [0.1, 0.15) is 11.6 Å². The van der Waals surface area contributed by atoms with Crippen LogP contribution in [-0.4, -0.2) is 4.98 Å². The molecule has 2 nitrogen and oxygen atoms in total. The SMILES string of the molecule is Cc1cc(F)c2cc(Cl)c(N)nc2c1. The van der Waals surface area contributed by atoms with E-state index in [4.69, 9.17) is 17.3 Å². The van der Waals surface area contributed by atoms with Gasteiger partial charge in [-0.15, -0.1) is 0 Å². The first-order valence-electron chi connectivity index (χ1n) is 4.10. The van der Waals surface area contributed by atoms with E-state index >= 15 is 0 Å². The van der Waals surface area contributed by atoms with Gasteiger partial charge in [-0.3, -0.25) is 0 Å². The molecule has 0 bridgehead atoms. The van der Waals surface area contributed by atoms with Crippen molar-refractivity contribution in [1.29, 1.82) is 0 Å². The molecule has 0 aliphatic heterocycles. The lowest BCUT2D eigenvalue weighted by atomic mass is 10.1. The number of fused-ring (bicyclic) bond motifs is 1. The first-order valence-corrected chi connectivity index (χ1v) is 4.47. The third-order valence-electron chi connectivity index (χ3n) is 2.01. The zero-order valence-corrected chi connectivity index (χ0v) is 8.27. The van der Waals surface area contributed by atoms with Gasteiger partial charge in [-0.25, -0.2) is 9.37 Å². The molecule has 0 saturated heterocycles. The number of halogens is 2. The van der Waals surface area contributed by atoms with Gasteiger partial charge in [-0.05, 0) is 30.7 Å². The molecule has 0 atom stereocenters. The number of rotatable bonds is 0. The second-order valence-corrected chi connectivity index (χ2v) is 3.58. The minimum atomic E-state index is -0.325. The fourth-order valence-electron chi connectivity index (χ4n) is 1.35. The Balaban J connectivity index is 2.89. The fourth-order valence-corrected chi connectivity index (χ4v) is 1.51. The van der Waals surface area contributed by atoms with Crippen molar-refractivity contribution in [1.82, 2.24) is 4.98 Å². The quantitative estimate of drug-likeness (QED) is 0.726. The fraction of sp³-hybridized carbons (Fsp3) is 0.100. The summed E-state index contributed by atoms with van der Waals surface area (Å²) in [5.41, 5.74) is 6.86. The first kappa shape index (κ1) is 9.21. The standard InChI is InChI=1S/C10H8ClFN2/c1-5-2-8(12)6-4-7(11)10(13)14-9(6)3-5/h2-4H,1H3,(H2,13,14). The Labute approximate surface area is 85.5 Å². The summed E-state index contributed by atoms with van der Waals surface area (Å²) in [6.07, 6.45) is 0. The van der Waals surface area contributed by atoms with Gasteiger partial charge in [0.25, 0.3) is 0 Å². The number of aryl methyl sites for hydroxylation is 1. The van der Waals surface area contributed by atoms with Crippen LogP contribution in [0.3, 0.4) is 0 Å². The van der Waals surface area contributed by atoms with Crippen LogP contribution in [0.2, 0.25) is 5.02 Å². The summed E-state index contributed by atoms with van der Waals surface area (Å²) in [7, 11) is 0. The molecule has 0 unspecified atom stereocenters. The molecule has 2 N–H and O–H groups in total. The molecule has 1 aromatic carbocycles. The summed E-state index contributed by atoms with van der Waals surface area (Å²) in [6, 6.07) is 4.70. The van der Waals surface area contributed by atoms with Gasteiger partial charge in [0.15, 0.2) is 0 Å². The zero-order chi connectivity index (χ0) is 10.3. The molecule has 0 spiro atoms. The van der Waals surface area contributed by atoms with Crippen molar-refractivity contribution in [2.75, 3.05) is 5.73 Å². The van der Waals surface area contributed by atoms with Crippen LogP contribution in [0.4, 0.5) is 10.2 Å². The average molecular weight is 211 g/mol. The van der Waals surface area contributed by atoms with Crippen molar-refractivity contribution in [2.24, 2.45) is 0 Å². The molecule has 14 heavy (non-hydrogen) atoms. The van der Waals surface area contributed by atoms with Crippen LogP contribution in [0, 0.1) is 12.7 Å². The summed E-state index contributed by atoms with van der Waals surface area (Å²) < 4.78 is 13.4. The zero-order valence-electron chi connectivity index (χ0n) is 7.51. The second kappa shape index (κ2) is 3.10. The van der Waals surface area contributed by atoms with E-state index in [2.05, 4.69) is 4.98 Å². The van der Waals surface area contributed by atoms with Crippen molar-refractivity contribution in [3.05, 3.63) is 34.6 Å². The Hall–Kier alpha value is -1.35. The monoisotopic (exact) mass is 210 g/mol. The predicted molar refractivity (Wildman–Crippen MR) is 55.9 cm³/mol. The molecule has 72 valence electrons. The molecule has 0 radical (unpaired) electrons. The molecule has 0 amide bonds. The first-order chi connectivity index (χ1) is 6.58. The van der Waals surface area contributed by atoms with E-state index in [1.165, 1.54) is 12.1 Å². The molecule has 0 saturated carbocycles. The van der Waals surface area contributed by atoms with Crippen molar-refractivity contribution < 1.29 is 4.39 Å². The summed E-state index contributed by atoms with van der Waals surface area (Å²) in [5.74, 6) is -0.0985. The van der Waals surface area contributed by atoms with E-state index in [1.807, 2.05) is 0 Å². The molecular formula is C10H8ClFN2. The lowest BCUT2D eigenvalue weighted by molar-refractivity contribution is 0.638. The minimum Gasteiger partial charge on any atom is -0.382 e. The molecular weight excluding hydrogens is 203 g/mol. The maximum Gasteiger partial charge on any atom is 0.142 e. The second-order valence-electron chi connectivity index (χ2n) is 3.17. The number of pyridine rings is 1. The molecule has 2 aromatic rings. The average Bonchev–Trinajstić information content (AvgIpc) is 2.08. The number of hydrogen-bond donors (Lipinski definition) is 1. The van der Waals surface area contributed by atoms with E-state index in [9.17, 15) is 4.39 Å².